The van der Waals surface area contributed by atoms with E-state index in [1.54, 1.807) is 29.8 Å². The van der Waals surface area contributed by atoms with Gasteiger partial charge in [-0.05, 0) is 44.4 Å². The molecule has 0 amide bonds. The summed E-state index contributed by atoms with van der Waals surface area (Å²) in [5, 5.41) is 22.0. The molecule has 4 rings (SSSR count). The van der Waals surface area contributed by atoms with Gasteiger partial charge >= 0.3 is 0 Å². The summed E-state index contributed by atoms with van der Waals surface area (Å²) in [4.78, 5) is 11.0. The lowest BCUT2D eigenvalue weighted by molar-refractivity contribution is -0.385. The van der Waals surface area contributed by atoms with Crippen molar-refractivity contribution in [2.75, 3.05) is 6.61 Å². The Balaban J connectivity index is 1.98. The predicted molar refractivity (Wildman–Crippen MR) is 107 cm³/mol. The van der Waals surface area contributed by atoms with Crippen molar-refractivity contribution in [3.8, 4) is 11.3 Å². The molecular weight excluding hydrogens is 396 g/mol. The minimum Gasteiger partial charge on any atom is -0.356 e. The zero-order valence-corrected chi connectivity index (χ0v) is 16.6. The van der Waals surface area contributed by atoms with Crippen LogP contribution in [0.15, 0.2) is 41.3 Å². The number of aromatic nitrogens is 2. The molecule has 1 atom stereocenters. The summed E-state index contributed by atoms with van der Waals surface area (Å²) in [7, 11) is -3.90. The van der Waals surface area contributed by atoms with Gasteiger partial charge in [0.05, 0.1) is 15.3 Å². The highest BCUT2D eigenvalue weighted by Gasteiger charge is 2.25. The van der Waals surface area contributed by atoms with Gasteiger partial charge in [0.15, 0.2) is 6.23 Å². The quantitative estimate of drug-likeness (QED) is 0.513. The number of hydrogen-bond donors (Lipinski definition) is 1. The largest absolute Gasteiger partial charge is 0.356 e. The van der Waals surface area contributed by atoms with E-state index in [1.807, 2.05) is 0 Å². The smallest absolute Gasteiger partial charge is 0.273 e. The third kappa shape index (κ3) is 3.61. The van der Waals surface area contributed by atoms with E-state index < -0.39 is 14.9 Å². The molecule has 1 fully saturated rings. The molecule has 29 heavy (non-hydrogen) atoms. The lowest BCUT2D eigenvalue weighted by Crippen LogP contribution is -2.19. The maximum atomic E-state index is 11.8. The molecule has 152 valence electrons. The van der Waals surface area contributed by atoms with E-state index in [0.717, 1.165) is 19.3 Å². The molecule has 3 aromatic rings. The Bertz CT molecular complexity index is 1210. The number of nitro benzene ring substituents is 1. The maximum absolute atomic E-state index is 11.8. The van der Waals surface area contributed by atoms with Crippen molar-refractivity contribution in [3.63, 3.8) is 0 Å². The first-order valence-corrected chi connectivity index (χ1v) is 10.7. The van der Waals surface area contributed by atoms with Crippen molar-refractivity contribution < 1.29 is 18.1 Å². The molecule has 1 aromatic heterocycles. The summed E-state index contributed by atoms with van der Waals surface area (Å²) in [5.74, 6) is 0. The fourth-order valence-corrected chi connectivity index (χ4v) is 4.20. The van der Waals surface area contributed by atoms with Crippen LogP contribution in [0.3, 0.4) is 0 Å². The molecule has 1 aliphatic heterocycles. The summed E-state index contributed by atoms with van der Waals surface area (Å²) < 4.78 is 31.1. The SMILES string of the molecule is Cc1cc2c(cc1[N+](=O)[O-])c(-c1cccc(S(N)(=O)=O)c1)nn2C1CCCCO1. The summed E-state index contributed by atoms with van der Waals surface area (Å²) >= 11 is 0. The first-order chi connectivity index (χ1) is 13.8. The van der Waals surface area contributed by atoms with E-state index in [9.17, 15) is 18.5 Å². The third-order valence-electron chi connectivity index (χ3n) is 5.09. The van der Waals surface area contributed by atoms with E-state index in [4.69, 9.17) is 9.88 Å². The second-order valence-corrected chi connectivity index (χ2v) is 8.66. The van der Waals surface area contributed by atoms with E-state index >= 15 is 0 Å². The minimum atomic E-state index is -3.90. The lowest BCUT2D eigenvalue weighted by Gasteiger charge is -2.23. The standard InChI is InChI=1S/C19H20N4O5S/c1-12-9-17-15(11-16(12)23(24)25)19(21-22(17)18-7-2-3-8-28-18)13-5-4-6-14(10-13)29(20,26)27/h4-6,9-11,18H,2-3,7-8H2,1H3,(H2,20,26,27). The molecule has 0 bridgehead atoms. The van der Waals surface area contributed by atoms with E-state index in [1.165, 1.54) is 18.2 Å². The van der Waals surface area contributed by atoms with Crippen LogP contribution in [0.1, 0.15) is 31.1 Å². The number of rotatable bonds is 4. The topological polar surface area (TPSA) is 130 Å². The van der Waals surface area contributed by atoms with Crippen LogP contribution in [0.25, 0.3) is 22.2 Å². The lowest BCUT2D eigenvalue weighted by atomic mass is 10.0. The molecule has 10 heteroatoms. The molecule has 2 aromatic carbocycles. The number of sulfonamides is 1. The summed E-state index contributed by atoms with van der Waals surface area (Å²) in [6, 6.07) is 9.30. The number of primary sulfonamides is 1. The average Bonchev–Trinajstić information content (AvgIpc) is 3.05. The van der Waals surface area contributed by atoms with Crippen LogP contribution in [0.4, 0.5) is 5.69 Å². The Hall–Kier alpha value is -2.82. The van der Waals surface area contributed by atoms with Crippen LogP contribution in [0, 0.1) is 17.0 Å². The molecule has 2 heterocycles. The van der Waals surface area contributed by atoms with Gasteiger partial charge in [0.25, 0.3) is 5.69 Å². The van der Waals surface area contributed by atoms with Gasteiger partial charge in [0.1, 0.15) is 5.69 Å². The number of nitrogens with zero attached hydrogens (tertiary/aromatic N) is 3. The van der Waals surface area contributed by atoms with E-state index in [-0.39, 0.29) is 16.8 Å². The number of hydrogen-bond acceptors (Lipinski definition) is 6. The number of nitrogens with two attached hydrogens (primary N) is 1. The molecule has 1 unspecified atom stereocenters. The van der Waals surface area contributed by atoms with Crippen LogP contribution in [0.5, 0.6) is 0 Å². The highest BCUT2D eigenvalue weighted by molar-refractivity contribution is 7.89. The van der Waals surface area contributed by atoms with Crippen LogP contribution in [-0.2, 0) is 14.8 Å². The fourth-order valence-electron chi connectivity index (χ4n) is 3.64. The summed E-state index contributed by atoms with van der Waals surface area (Å²) in [5.41, 5.74) is 2.16. The Morgan fingerprint density at radius 3 is 2.72 bits per heavy atom. The maximum Gasteiger partial charge on any atom is 0.273 e. The Kier molecular flexibility index (Phi) is 4.85. The molecule has 2 N–H and O–H groups in total. The number of nitro groups is 1. The van der Waals surface area contributed by atoms with Gasteiger partial charge in [-0.2, -0.15) is 5.10 Å². The molecule has 9 nitrogen and oxygen atoms in total. The normalized spacial score (nSPS) is 17.5. The first-order valence-electron chi connectivity index (χ1n) is 9.18. The van der Waals surface area contributed by atoms with Gasteiger partial charge in [0, 0.05) is 29.2 Å². The molecular formula is C19H20N4O5S. The molecule has 0 radical (unpaired) electrons. The van der Waals surface area contributed by atoms with Crippen molar-refractivity contribution >= 4 is 26.6 Å². The summed E-state index contributed by atoms with van der Waals surface area (Å²) in [6.45, 7) is 2.30. The molecule has 1 saturated heterocycles. The second kappa shape index (κ2) is 7.21. The number of fused-ring (bicyclic) bond motifs is 1. The van der Waals surface area contributed by atoms with Crippen LogP contribution >= 0.6 is 0 Å². The Morgan fingerprint density at radius 2 is 2.07 bits per heavy atom. The van der Waals surface area contributed by atoms with Crippen molar-refractivity contribution in [2.45, 2.75) is 37.3 Å². The van der Waals surface area contributed by atoms with Gasteiger partial charge in [0.2, 0.25) is 10.0 Å². The number of benzene rings is 2. The van der Waals surface area contributed by atoms with Gasteiger partial charge < -0.3 is 4.74 Å². The van der Waals surface area contributed by atoms with Crippen molar-refractivity contribution in [1.29, 1.82) is 0 Å². The molecule has 0 spiro atoms. The highest BCUT2D eigenvalue weighted by Crippen LogP contribution is 2.36. The van der Waals surface area contributed by atoms with Gasteiger partial charge in [-0.1, -0.05) is 12.1 Å². The Labute approximate surface area is 167 Å². The monoisotopic (exact) mass is 416 g/mol. The predicted octanol–water partition coefficient (Wildman–Crippen LogP) is 3.27. The average molecular weight is 416 g/mol. The van der Waals surface area contributed by atoms with Crippen LogP contribution in [-0.4, -0.2) is 29.7 Å². The van der Waals surface area contributed by atoms with Crippen molar-refractivity contribution in [3.05, 3.63) is 52.1 Å². The van der Waals surface area contributed by atoms with Crippen LogP contribution < -0.4 is 5.14 Å². The van der Waals surface area contributed by atoms with Crippen LogP contribution in [0.2, 0.25) is 0 Å². The third-order valence-corrected chi connectivity index (χ3v) is 6.00. The zero-order valence-electron chi connectivity index (χ0n) is 15.7. The molecule has 0 saturated carbocycles. The minimum absolute atomic E-state index is 0.0227. The van der Waals surface area contributed by atoms with Crippen molar-refractivity contribution in [2.24, 2.45) is 5.14 Å². The Morgan fingerprint density at radius 1 is 1.28 bits per heavy atom. The summed E-state index contributed by atoms with van der Waals surface area (Å²) in [6.07, 6.45) is 2.48. The highest BCUT2D eigenvalue weighted by atomic mass is 32.2. The van der Waals surface area contributed by atoms with Gasteiger partial charge in [-0.15, -0.1) is 0 Å². The second-order valence-electron chi connectivity index (χ2n) is 7.10. The zero-order chi connectivity index (χ0) is 20.8. The molecule has 1 aliphatic rings. The van der Waals surface area contributed by atoms with Gasteiger partial charge in [-0.3, -0.25) is 10.1 Å². The first kappa shape index (κ1) is 19.5. The van der Waals surface area contributed by atoms with E-state index in [2.05, 4.69) is 5.10 Å². The van der Waals surface area contributed by atoms with E-state index in [0.29, 0.717) is 34.3 Å². The van der Waals surface area contributed by atoms with Gasteiger partial charge in [-0.25, -0.2) is 18.2 Å². The fraction of sp³-hybridized carbons (Fsp3) is 0.316. The molecule has 0 aliphatic carbocycles. The van der Waals surface area contributed by atoms with Crippen molar-refractivity contribution in [1.82, 2.24) is 9.78 Å². The number of ether oxygens (including phenoxy) is 1. The number of aryl methyl sites for hydroxylation is 1.